The zero-order chi connectivity index (χ0) is 23.4. The Bertz CT molecular complexity index is 821. The highest BCUT2D eigenvalue weighted by atomic mass is 16.6. The highest BCUT2D eigenvalue weighted by molar-refractivity contribution is 5.91. The molecule has 178 valence electrons. The van der Waals surface area contributed by atoms with E-state index in [1.165, 1.54) is 21.0 Å². The molecule has 7 nitrogen and oxygen atoms in total. The van der Waals surface area contributed by atoms with E-state index in [4.69, 9.17) is 14.2 Å². The molecule has 0 N–H and O–H groups in total. The molecule has 4 fully saturated rings. The predicted molar refractivity (Wildman–Crippen MR) is 114 cm³/mol. The van der Waals surface area contributed by atoms with E-state index in [0.717, 1.165) is 38.5 Å². The van der Waals surface area contributed by atoms with E-state index >= 15 is 0 Å². The summed E-state index contributed by atoms with van der Waals surface area (Å²) in [7, 11) is 1.38. The van der Waals surface area contributed by atoms with E-state index in [9.17, 15) is 19.2 Å². The van der Waals surface area contributed by atoms with Gasteiger partial charge in [-0.3, -0.25) is 19.2 Å². The maximum absolute atomic E-state index is 14.1. The van der Waals surface area contributed by atoms with Crippen LogP contribution in [-0.4, -0.2) is 43.0 Å². The van der Waals surface area contributed by atoms with Gasteiger partial charge < -0.3 is 14.2 Å². The quantitative estimate of drug-likeness (QED) is 0.482. The van der Waals surface area contributed by atoms with Crippen LogP contribution < -0.4 is 0 Å². The Kier molecular flexibility index (Phi) is 5.91. The van der Waals surface area contributed by atoms with Crippen molar-refractivity contribution in [2.24, 2.45) is 40.4 Å². The van der Waals surface area contributed by atoms with Gasteiger partial charge in [0.1, 0.15) is 6.10 Å². The zero-order valence-corrected chi connectivity index (χ0v) is 19.8. The number of hydrogen-bond acceptors (Lipinski definition) is 7. The lowest BCUT2D eigenvalue weighted by molar-refractivity contribution is -0.200. The van der Waals surface area contributed by atoms with Crippen LogP contribution in [-0.2, 0) is 33.4 Å². The van der Waals surface area contributed by atoms with Crippen molar-refractivity contribution in [1.82, 2.24) is 0 Å². The largest absolute Gasteiger partial charge is 0.469 e. The Hall–Kier alpha value is -1.92. The molecule has 0 heterocycles. The summed E-state index contributed by atoms with van der Waals surface area (Å²) >= 11 is 0. The first-order valence-corrected chi connectivity index (χ1v) is 12.0. The Balaban J connectivity index is 1.70. The van der Waals surface area contributed by atoms with Crippen molar-refractivity contribution in [3.05, 3.63) is 0 Å². The highest BCUT2D eigenvalue weighted by Gasteiger charge is 2.69. The molecule has 0 amide bonds. The van der Waals surface area contributed by atoms with Crippen LogP contribution >= 0.6 is 0 Å². The van der Waals surface area contributed by atoms with Crippen LogP contribution in [0.1, 0.15) is 72.6 Å². The third-order valence-electron chi connectivity index (χ3n) is 9.54. The van der Waals surface area contributed by atoms with Gasteiger partial charge in [0.05, 0.1) is 13.0 Å². The second-order valence-corrected chi connectivity index (χ2v) is 10.9. The Morgan fingerprint density at radius 3 is 2.25 bits per heavy atom. The molecule has 0 aromatic rings. The van der Waals surface area contributed by atoms with E-state index in [1.54, 1.807) is 0 Å². The average Bonchev–Trinajstić information content (AvgIpc) is 3.07. The third kappa shape index (κ3) is 3.38. The number of methoxy groups -OCH3 is 1. The van der Waals surface area contributed by atoms with E-state index in [1.807, 2.05) is 6.92 Å². The summed E-state index contributed by atoms with van der Waals surface area (Å²) in [6.45, 7) is 6.93. The van der Waals surface area contributed by atoms with Gasteiger partial charge in [0.25, 0.3) is 0 Å². The smallest absolute Gasteiger partial charge is 0.309 e. The molecular formula is C25H36O7. The van der Waals surface area contributed by atoms with Gasteiger partial charge in [-0.15, -0.1) is 0 Å². The van der Waals surface area contributed by atoms with Crippen molar-refractivity contribution in [3.8, 4) is 0 Å². The number of hydrogen-bond donors (Lipinski definition) is 0. The molecule has 32 heavy (non-hydrogen) atoms. The van der Waals surface area contributed by atoms with Crippen LogP contribution in [0.3, 0.4) is 0 Å². The van der Waals surface area contributed by atoms with E-state index in [-0.39, 0.29) is 52.9 Å². The molecule has 0 bridgehead atoms. The van der Waals surface area contributed by atoms with Crippen LogP contribution in [0.25, 0.3) is 0 Å². The molecule has 4 aliphatic carbocycles. The lowest BCUT2D eigenvalue weighted by Gasteiger charge is -2.61. The second-order valence-electron chi connectivity index (χ2n) is 10.9. The summed E-state index contributed by atoms with van der Waals surface area (Å²) in [5, 5.41) is 0. The molecule has 0 saturated heterocycles. The van der Waals surface area contributed by atoms with Crippen molar-refractivity contribution in [1.29, 1.82) is 0 Å². The number of esters is 3. The number of carbonyl (C=O) groups excluding carboxylic acids is 4. The Morgan fingerprint density at radius 1 is 0.938 bits per heavy atom. The van der Waals surface area contributed by atoms with Crippen LogP contribution in [0.15, 0.2) is 0 Å². The Morgan fingerprint density at radius 2 is 1.62 bits per heavy atom. The van der Waals surface area contributed by atoms with Gasteiger partial charge >= 0.3 is 17.9 Å². The van der Waals surface area contributed by atoms with Gasteiger partial charge in [-0.25, -0.2) is 0 Å². The summed E-state index contributed by atoms with van der Waals surface area (Å²) < 4.78 is 16.3. The minimum atomic E-state index is -0.931. The van der Waals surface area contributed by atoms with Crippen molar-refractivity contribution < 1.29 is 33.4 Å². The van der Waals surface area contributed by atoms with Crippen LogP contribution in [0.5, 0.6) is 0 Å². The number of Topliss-reactive ketones (excluding diaryl/α,β-unsaturated/α-hetero) is 1. The average molecular weight is 449 g/mol. The lowest BCUT2D eigenvalue weighted by Crippen LogP contribution is -2.64. The minimum Gasteiger partial charge on any atom is -0.469 e. The summed E-state index contributed by atoms with van der Waals surface area (Å²) in [4.78, 5) is 50.3. The fraction of sp³-hybridized carbons (Fsp3) is 0.840. The molecule has 0 aromatic heterocycles. The lowest BCUT2D eigenvalue weighted by atomic mass is 9.43. The third-order valence-corrected chi connectivity index (χ3v) is 9.54. The number of ketones is 1. The van der Waals surface area contributed by atoms with Gasteiger partial charge in [0, 0.05) is 25.2 Å². The topological polar surface area (TPSA) is 96.0 Å². The van der Waals surface area contributed by atoms with Crippen molar-refractivity contribution in [2.45, 2.75) is 84.8 Å². The van der Waals surface area contributed by atoms with Crippen molar-refractivity contribution in [2.75, 3.05) is 7.11 Å². The minimum absolute atomic E-state index is 0.0297. The molecule has 0 unspecified atom stereocenters. The standard InChI is InChI=1S/C25H36O7/c1-13(26)31-16-10-11-24(3)15(12-16)6-7-17-18-8-9-19(23(29)30-5)25(18,4)22(32-14(2)27)21(28)20(17)24/h15-20,22H,6-12H2,1-5H3/t15-,16-,17+,18-,19+,20+,22+,24+,25-/m1/s1. The number of ether oxygens (including phenoxy) is 3. The van der Waals surface area contributed by atoms with Crippen LogP contribution in [0, 0.1) is 40.4 Å². The molecule has 4 aliphatic rings. The predicted octanol–water partition coefficient (Wildman–Crippen LogP) is 3.47. The van der Waals surface area contributed by atoms with Crippen LogP contribution in [0.2, 0.25) is 0 Å². The fourth-order valence-corrected chi connectivity index (χ4v) is 8.21. The molecule has 0 aliphatic heterocycles. The van der Waals surface area contributed by atoms with Gasteiger partial charge in [-0.1, -0.05) is 13.8 Å². The summed E-state index contributed by atoms with van der Waals surface area (Å²) in [5.41, 5.74) is -0.963. The molecule has 9 atom stereocenters. The first-order valence-electron chi connectivity index (χ1n) is 12.0. The maximum atomic E-state index is 14.1. The summed E-state index contributed by atoms with van der Waals surface area (Å²) in [6.07, 6.45) is 4.67. The SMILES string of the molecule is COC(=O)[C@@H]1CC[C@@H]2[C@@H]3CC[C@@H]4C[C@H](OC(C)=O)CC[C@]4(C)[C@@H]3C(=O)[C@H](OC(C)=O)[C@]21C. The number of fused-ring (bicyclic) bond motifs is 5. The first-order chi connectivity index (χ1) is 15.0. The van der Waals surface area contributed by atoms with Gasteiger partial charge in [-0.2, -0.15) is 0 Å². The molecule has 4 rings (SSSR count). The molecule has 7 heteroatoms. The fourth-order valence-electron chi connectivity index (χ4n) is 8.21. The van der Waals surface area contributed by atoms with E-state index in [0.29, 0.717) is 6.42 Å². The van der Waals surface area contributed by atoms with Gasteiger partial charge in [0.2, 0.25) is 0 Å². The van der Waals surface area contributed by atoms with E-state index in [2.05, 4.69) is 6.92 Å². The first kappa shape index (κ1) is 23.2. The summed E-state index contributed by atoms with van der Waals surface area (Å²) in [6, 6.07) is 0. The number of rotatable bonds is 3. The number of carbonyl (C=O) groups is 4. The van der Waals surface area contributed by atoms with Crippen LogP contribution in [0.4, 0.5) is 0 Å². The normalized spacial score (nSPS) is 45.2. The van der Waals surface area contributed by atoms with Gasteiger partial charge in [-0.05, 0) is 68.1 Å². The Labute approximate surface area is 189 Å². The molecular weight excluding hydrogens is 412 g/mol. The second kappa shape index (κ2) is 8.14. The summed E-state index contributed by atoms with van der Waals surface area (Å²) in [5.74, 6) is -1.18. The molecule has 0 radical (unpaired) electrons. The van der Waals surface area contributed by atoms with Crippen molar-refractivity contribution >= 4 is 23.7 Å². The van der Waals surface area contributed by atoms with E-state index < -0.39 is 23.4 Å². The zero-order valence-electron chi connectivity index (χ0n) is 19.8. The van der Waals surface area contributed by atoms with Crippen molar-refractivity contribution in [3.63, 3.8) is 0 Å². The monoisotopic (exact) mass is 448 g/mol. The molecule has 4 saturated carbocycles. The molecule has 0 spiro atoms. The maximum Gasteiger partial charge on any atom is 0.309 e. The van der Waals surface area contributed by atoms with Gasteiger partial charge in [0.15, 0.2) is 11.9 Å². The molecule has 0 aromatic carbocycles. The highest BCUT2D eigenvalue weighted by Crippen LogP contribution is 2.67.